The second-order valence-corrected chi connectivity index (χ2v) is 5.43. The van der Waals surface area contributed by atoms with Crippen LogP contribution < -0.4 is 16.4 Å². The third kappa shape index (κ3) is 7.24. The van der Waals surface area contributed by atoms with E-state index >= 15 is 0 Å². The first kappa shape index (κ1) is 16.9. The third-order valence-corrected chi connectivity index (χ3v) is 2.26. The van der Waals surface area contributed by atoms with Crippen molar-refractivity contribution in [2.45, 2.75) is 39.3 Å². The summed E-state index contributed by atoms with van der Waals surface area (Å²) < 4.78 is 4.71. The summed E-state index contributed by atoms with van der Waals surface area (Å²) in [6.45, 7) is 7.67. The Hall–Kier alpha value is -1.14. The highest BCUT2D eigenvalue weighted by molar-refractivity contribution is 5.88. The zero-order chi connectivity index (χ0) is 14.3. The van der Waals surface area contributed by atoms with Gasteiger partial charge in [0.1, 0.15) is 12.6 Å². The molecule has 0 rings (SSSR count). The SMILES string of the molecule is COCC(=O)N[C@H](C(=O)NCC(C)(C)N)C(C)C. The molecule has 0 aromatic rings. The minimum absolute atomic E-state index is 0.00769. The molecule has 0 aliphatic carbocycles. The smallest absolute Gasteiger partial charge is 0.246 e. The van der Waals surface area contributed by atoms with Gasteiger partial charge in [0.2, 0.25) is 11.8 Å². The van der Waals surface area contributed by atoms with Crippen LogP contribution in [0.15, 0.2) is 0 Å². The van der Waals surface area contributed by atoms with Crippen LogP contribution in [0.2, 0.25) is 0 Å². The Morgan fingerprint density at radius 2 is 1.89 bits per heavy atom. The highest BCUT2D eigenvalue weighted by atomic mass is 16.5. The van der Waals surface area contributed by atoms with E-state index in [2.05, 4.69) is 10.6 Å². The zero-order valence-electron chi connectivity index (χ0n) is 11.9. The highest BCUT2D eigenvalue weighted by Crippen LogP contribution is 2.03. The fourth-order valence-corrected chi connectivity index (χ4v) is 1.31. The van der Waals surface area contributed by atoms with E-state index in [0.717, 1.165) is 0 Å². The minimum Gasteiger partial charge on any atom is -0.375 e. The lowest BCUT2D eigenvalue weighted by molar-refractivity contribution is -0.132. The molecule has 2 amide bonds. The quantitative estimate of drug-likeness (QED) is 0.581. The predicted molar refractivity (Wildman–Crippen MR) is 69.9 cm³/mol. The van der Waals surface area contributed by atoms with Crippen LogP contribution in [-0.4, -0.2) is 43.7 Å². The molecule has 0 fully saturated rings. The van der Waals surface area contributed by atoms with Gasteiger partial charge in [0.05, 0.1) is 0 Å². The van der Waals surface area contributed by atoms with Crippen LogP contribution in [0.1, 0.15) is 27.7 Å². The number of nitrogens with two attached hydrogens (primary N) is 1. The van der Waals surface area contributed by atoms with Gasteiger partial charge in [0.25, 0.3) is 0 Å². The molecule has 0 aliphatic heterocycles. The molecule has 0 unspecified atom stereocenters. The van der Waals surface area contributed by atoms with E-state index in [4.69, 9.17) is 10.5 Å². The molecule has 0 saturated heterocycles. The summed E-state index contributed by atoms with van der Waals surface area (Å²) >= 11 is 0. The highest BCUT2D eigenvalue weighted by Gasteiger charge is 2.25. The lowest BCUT2D eigenvalue weighted by Gasteiger charge is -2.24. The summed E-state index contributed by atoms with van der Waals surface area (Å²) in [5.74, 6) is -0.543. The molecule has 0 aromatic carbocycles. The number of carbonyl (C=O) groups is 2. The Bertz CT molecular complexity index is 285. The minimum atomic E-state index is -0.574. The van der Waals surface area contributed by atoms with Crippen LogP contribution >= 0.6 is 0 Å². The van der Waals surface area contributed by atoms with E-state index in [9.17, 15) is 9.59 Å². The Morgan fingerprint density at radius 1 is 1.33 bits per heavy atom. The van der Waals surface area contributed by atoms with Crippen LogP contribution in [0.25, 0.3) is 0 Å². The molecule has 0 bridgehead atoms. The molecule has 0 aromatic heterocycles. The molecule has 0 radical (unpaired) electrons. The maximum atomic E-state index is 11.9. The monoisotopic (exact) mass is 259 g/mol. The number of ether oxygens (including phenoxy) is 1. The molecule has 6 nitrogen and oxygen atoms in total. The first-order chi connectivity index (χ1) is 8.17. The maximum Gasteiger partial charge on any atom is 0.246 e. The zero-order valence-corrected chi connectivity index (χ0v) is 11.9. The van der Waals surface area contributed by atoms with Crippen LogP contribution in [0.4, 0.5) is 0 Å². The summed E-state index contributed by atoms with van der Waals surface area (Å²) in [6, 6.07) is -0.574. The van der Waals surface area contributed by atoms with E-state index in [-0.39, 0.29) is 24.3 Å². The van der Waals surface area contributed by atoms with Crippen molar-refractivity contribution >= 4 is 11.8 Å². The van der Waals surface area contributed by atoms with E-state index in [1.165, 1.54) is 7.11 Å². The molecule has 0 saturated carbocycles. The van der Waals surface area contributed by atoms with Gasteiger partial charge in [0, 0.05) is 19.2 Å². The van der Waals surface area contributed by atoms with Crippen LogP contribution in [0, 0.1) is 5.92 Å². The van der Waals surface area contributed by atoms with Gasteiger partial charge < -0.3 is 21.1 Å². The molecule has 0 heterocycles. The number of amides is 2. The van der Waals surface area contributed by atoms with Crippen molar-refractivity contribution in [3.63, 3.8) is 0 Å². The molecular weight excluding hydrogens is 234 g/mol. The number of methoxy groups -OCH3 is 1. The Morgan fingerprint density at radius 3 is 2.28 bits per heavy atom. The number of rotatable bonds is 7. The topological polar surface area (TPSA) is 93.4 Å². The van der Waals surface area contributed by atoms with Gasteiger partial charge >= 0.3 is 0 Å². The van der Waals surface area contributed by atoms with Gasteiger partial charge in [-0.2, -0.15) is 0 Å². The summed E-state index contributed by atoms with van der Waals surface area (Å²) in [7, 11) is 1.43. The van der Waals surface area contributed by atoms with E-state index in [0.29, 0.717) is 6.54 Å². The standard InChI is InChI=1S/C12H25N3O3/c1-8(2)10(15-9(16)6-18-5)11(17)14-7-12(3,4)13/h8,10H,6-7,13H2,1-5H3,(H,14,17)(H,15,16)/t10-/m0/s1. The summed E-state index contributed by atoms with van der Waals surface area (Å²) in [5.41, 5.74) is 5.31. The van der Waals surface area contributed by atoms with Crippen molar-refractivity contribution in [3.8, 4) is 0 Å². The maximum absolute atomic E-state index is 11.9. The first-order valence-electron chi connectivity index (χ1n) is 6.02. The largest absolute Gasteiger partial charge is 0.375 e. The Labute approximate surface area is 109 Å². The molecule has 6 heteroatoms. The lowest BCUT2D eigenvalue weighted by atomic mass is 10.0. The summed E-state index contributed by atoms with van der Waals surface area (Å²) in [5, 5.41) is 5.37. The molecule has 1 atom stereocenters. The van der Waals surface area contributed by atoms with Crippen molar-refractivity contribution in [1.82, 2.24) is 10.6 Å². The van der Waals surface area contributed by atoms with Crippen molar-refractivity contribution in [2.75, 3.05) is 20.3 Å². The van der Waals surface area contributed by atoms with E-state index in [1.807, 2.05) is 27.7 Å². The fourth-order valence-electron chi connectivity index (χ4n) is 1.31. The molecule has 106 valence electrons. The molecule has 0 aliphatic rings. The molecule has 18 heavy (non-hydrogen) atoms. The summed E-state index contributed by atoms with van der Waals surface area (Å²) in [4.78, 5) is 23.4. The number of carbonyl (C=O) groups excluding carboxylic acids is 2. The Kier molecular flexibility index (Phi) is 6.86. The molecular formula is C12H25N3O3. The summed E-state index contributed by atoms with van der Waals surface area (Å²) in [6.07, 6.45) is 0. The van der Waals surface area contributed by atoms with Crippen LogP contribution in [0.3, 0.4) is 0 Å². The predicted octanol–water partition coefficient (Wildman–Crippen LogP) is -0.373. The number of hydrogen-bond acceptors (Lipinski definition) is 4. The lowest BCUT2D eigenvalue weighted by Crippen LogP contribution is -2.54. The van der Waals surface area contributed by atoms with Gasteiger partial charge in [-0.15, -0.1) is 0 Å². The van der Waals surface area contributed by atoms with Crippen LogP contribution in [0.5, 0.6) is 0 Å². The number of nitrogens with one attached hydrogen (secondary N) is 2. The molecule has 0 spiro atoms. The normalized spacial score (nSPS) is 13.3. The van der Waals surface area contributed by atoms with E-state index in [1.54, 1.807) is 0 Å². The van der Waals surface area contributed by atoms with Gasteiger partial charge in [-0.05, 0) is 19.8 Å². The first-order valence-corrected chi connectivity index (χ1v) is 6.02. The Balaban J connectivity index is 4.41. The number of hydrogen-bond donors (Lipinski definition) is 3. The average Bonchev–Trinajstić information content (AvgIpc) is 2.21. The van der Waals surface area contributed by atoms with Crippen molar-refractivity contribution in [2.24, 2.45) is 11.7 Å². The second kappa shape index (κ2) is 7.33. The van der Waals surface area contributed by atoms with Crippen molar-refractivity contribution in [3.05, 3.63) is 0 Å². The van der Waals surface area contributed by atoms with E-state index < -0.39 is 11.6 Å². The van der Waals surface area contributed by atoms with Gasteiger partial charge in [-0.25, -0.2) is 0 Å². The van der Waals surface area contributed by atoms with Gasteiger partial charge in [-0.1, -0.05) is 13.8 Å². The molecule has 4 N–H and O–H groups in total. The van der Waals surface area contributed by atoms with Crippen molar-refractivity contribution < 1.29 is 14.3 Å². The van der Waals surface area contributed by atoms with Gasteiger partial charge in [-0.3, -0.25) is 9.59 Å². The third-order valence-electron chi connectivity index (χ3n) is 2.26. The van der Waals surface area contributed by atoms with Crippen molar-refractivity contribution in [1.29, 1.82) is 0 Å². The fraction of sp³-hybridized carbons (Fsp3) is 0.833. The second-order valence-electron chi connectivity index (χ2n) is 5.43. The van der Waals surface area contributed by atoms with Gasteiger partial charge in [0.15, 0.2) is 0 Å². The average molecular weight is 259 g/mol. The van der Waals surface area contributed by atoms with Crippen LogP contribution in [-0.2, 0) is 14.3 Å².